The van der Waals surface area contributed by atoms with Crippen molar-refractivity contribution in [1.82, 2.24) is 0 Å². The molecule has 7 nitrogen and oxygen atoms in total. The van der Waals surface area contributed by atoms with Gasteiger partial charge in [0.1, 0.15) is 17.2 Å². The van der Waals surface area contributed by atoms with Gasteiger partial charge in [0.15, 0.2) is 5.75 Å². The molecule has 1 N–H and O–H groups in total. The highest BCUT2D eigenvalue weighted by atomic mass is 16.5. The third kappa shape index (κ3) is 4.93. The molecule has 0 aromatic heterocycles. The number of rotatable bonds is 6. The van der Waals surface area contributed by atoms with Crippen LogP contribution in [0.25, 0.3) is 0 Å². The Kier molecular flexibility index (Phi) is 7.39. The van der Waals surface area contributed by atoms with Crippen LogP contribution in [0.1, 0.15) is 66.7 Å². The highest BCUT2D eigenvalue weighted by Gasteiger charge is 2.50. The SMILES string of the molecule is COc1ccc(C2(C)CC(C)(C)N(C(C)=O)c3cc(OC)c(NC(=O)c4cc(C)cc(C)c4)c(OC)c32)cc1. The van der Waals surface area contributed by atoms with E-state index in [0.717, 1.165) is 28.0 Å². The molecule has 3 aromatic carbocycles. The summed E-state index contributed by atoms with van der Waals surface area (Å²) < 4.78 is 17.3. The molecule has 0 spiro atoms. The predicted octanol–water partition coefficient (Wildman–Crippen LogP) is 6.42. The number of benzene rings is 3. The van der Waals surface area contributed by atoms with Gasteiger partial charge in [0.25, 0.3) is 5.91 Å². The van der Waals surface area contributed by atoms with Crippen LogP contribution in [0.2, 0.25) is 0 Å². The van der Waals surface area contributed by atoms with Gasteiger partial charge in [0, 0.05) is 35.1 Å². The Morgan fingerprint density at radius 1 is 0.872 bits per heavy atom. The molecule has 3 aromatic rings. The van der Waals surface area contributed by atoms with Crippen molar-refractivity contribution in [3.8, 4) is 17.2 Å². The van der Waals surface area contributed by atoms with Crippen molar-refractivity contribution < 1.29 is 23.8 Å². The summed E-state index contributed by atoms with van der Waals surface area (Å²) in [4.78, 5) is 28.4. The van der Waals surface area contributed by atoms with Crippen LogP contribution < -0.4 is 24.4 Å². The van der Waals surface area contributed by atoms with E-state index in [0.29, 0.717) is 34.9 Å². The number of nitrogens with one attached hydrogen (secondary N) is 1. The van der Waals surface area contributed by atoms with Gasteiger partial charge in [-0.2, -0.15) is 0 Å². The molecule has 0 fully saturated rings. The Bertz CT molecular complexity index is 1410. The first-order valence-electron chi connectivity index (χ1n) is 13.0. The summed E-state index contributed by atoms with van der Waals surface area (Å²) in [5.74, 6) is 1.26. The molecular weight excluding hydrogens is 492 g/mol. The smallest absolute Gasteiger partial charge is 0.255 e. The van der Waals surface area contributed by atoms with E-state index in [9.17, 15) is 9.59 Å². The van der Waals surface area contributed by atoms with E-state index in [-0.39, 0.29) is 11.8 Å². The molecular formula is C32H38N2O5. The summed E-state index contributed by atoms with van der Waals surface area (Å²) in [6.45, 7) is 11.8. The van der Waals surface area contributed by atoms with Crippen LogP contribution in [0, 0.1) is 13.8 Å². The fourth-order valence-corrected chi connectivity index (χ4v) is 6.27. The van der Waals surface area contributed by atoms with Gasteiger partial charge in [-0.15, -0.1) is 0 Å². The zero-order chi connectivity index (χ0) is 28.7. The molecule has 0 saturated carbocycles. The molecule has 7 heteroatoms. The van der Waals surface area contributed by atoms with Crippen LogP contribution in [-0.4, -0.2) is 38.7 Å². The predicted molar refractivity (Wildman–Crippen MR) is 155 cm³/mol. The first-order valence-corrected chi connectivity index (χ1v) is 13.0. The van der Waals surface area contributed by atoms with Crippen LogP contribution in [0.4, 0.5) is 11.4 Å². The number of anilines is 2. The van der Waals surface area contributed by atoms with Gasteiger partial charge >= 0.3 is 0 Å². The maximum Gasteiger partial charge on any atom is 0.255 e. The number of aryl methyl sites for hydroxylation is 2. The summed E-state index contributed by atoms with van der Waals surface area (Å²) in [7, 11) is 4.76. The van der Waals surface area contributed by atoms with Crippen molar-refractivity contribution >= 4 is 23.2 Å². The topological polar surface area (TPSA) is 77.1 Å². The zero-order valence-corrected chi connectivity index (χ0v) is 24.3. The molecule has 0 bridgehead atoms. The Balaban J connectivity index is 2.00. The number of carbonyl (C=O) groups excluding carboxylic acids is 2. The fourth-order valence-electron chi connectivity index (χ4n) is 6.27. The Morgan fingerprint density at radius 2 is 1.49 bits per heavy atom. The molecule has 1 unspecified atom stereocenters. The van der Waals surface area contributed by atoms with E-state index in [2.05, 4.69) is 26.1 Å². The van der Waals surface area contributed by atoms with Crippen LogP contribution in [0.15, 0.2) is 48.5 Å². The van der Waals surface area contributed by atoms with Crippen molar-refractivity contribution in [3.63, 3.8) is 0 Å². The number of amides is 2. The van der Waals surface area contributed by atoms with Gasteiger partial charge < -0.3 is 24.4 Å². The Hall–Kier alpha value is -4.00. The van der Waals surface area contributed by atoms with Crippen molar-refractivity contribution in [3.05, 3.63) is 76.3 Å². The summed E-state index contributed by atoms with van der Waals surface area (Å²) in [5.41, 5.74) is 4.39. The van der Waals surface area contributed by atoms with E-state index < -0.39 is 11.0 Å². The van der Waals surface area contributed by atoms with Crippen LogP contribution in [0.3, 0.4) is 0 Å². The normalized spacial score (nSPS) is 17.7. The number of nitrogens with zero attached hydrogens (tertiary/aromatic N) is 1. The minimum absolute atomic E-state index is 0.0887. The first-order chi connectivity index (χ1) is 18.4. The lowest BCUT2D eigenvalue weighted by atomic mass is 9.64. The molecule has 0 saturated heterocycles. The zero-order valence-electron chi connectivity index (χ0n) is 24.3. The lowest BCUT2D eigenvalue weighted by Crippen LogP contribution is -2.55. The largest absolute Gasteiger partial charge is 0.497 e. The highest BCUT2D eigenvalue weighted by Crippen LogP contribution is 2.57. The number of hydrogen-bond acceptors (Lipinski definition) is 5. The first kappa shape index (κ1) is 28.0. The summed E-state index contributed by atoms with van der Waals surface area (Å²) in [6, 6.07) is 15.5. The van der Waals surface area contributed by atoms with Crippen LogP contribution in [-0.2, 0) is 10.2 Å². The number of hydrogen-bond donors (Lipinski definition) is 1. The van der Waals surface area contributed by atoms with Gasteiger partial charge in [-0.1, -0.05) is 36.2 Å². The van der Waals surface area contributed by atoms with Crippen molar-refractivity contribution in [2.75, 3.05) is 31.5 Å². The molecule has 1 heterocycles. The fraction of sp³-hybridized carbons (Fsp3) is 0.375. The maximum atomic E-state index is 13.5. The standard InChI is InChI=1S/C32H38N2O5/c1-19-14-20(2)16-22(15-19)30(36)33-28-26(38-8)17-25-27(29(28)39-9)32(6,18-31(4,5)34(25)21(3)35)23-10-12-24(37-7)13-11-23/h10-17H,18H2,1-9H3,(H,33,36). The Labute approximate surface area is 231 Å². The van der Waals surface area contributed by atoms with Crippen LogP contribution in [0.5, 0.6) is 17.2 Å². The van der Waals surface area contributed by atoms with Gasteiger partial charge in [-0.25, -0.2) is 0 Å². The monoisotopic (exact) mass is 530 g/mol. The van der Waals surface area contributed by atoms with Gasteiger partial charge in [0.05, 0.1) is 27.0 Å². The number of carbonyl (C=O) groups is 2. The molecule has 206 valence electrons. The van der Waals surface area contributed by atoms with Gasteiger partial charge in [0.2, 0.25) is 5.91 Å². The summed E-state index contributed by atoms with van der Waals surface area (Å²) >= 11 is 0. The molecule has 0 aliphatic carbocycles. The van der Waals surface area contributed by atoms with E-state index in [4.69, 9.17) is 14.2 Å². The van der Waals surface area contributed by atoms with Crippen molar-refractivity contribution in [2.24, 2.45) is 0 Å². The summed E-state index contributed by atoms with van der Waals surface area (Å²) in [6.07, 6.45) is 0.617. The van der Waals surface area contributed by atoms with Gasteiger partial charge in [-0.05, 0) is 63.9 Å². The average Bonchev–Trinajstić information content (AvgIpc) is 2.87. The second kappa shape index (κ2) is 10.3. The minimum atomic E-state index is -0.575. The second-order valence-corrected chi connectivity index (χ2v) is 11.1. The molecule has 1 aliphatic heterocycles. The van der Waals surface area contributed by atoms with Gasteiger partial charge in [-0.3, -0.25) is 9.59 Å². The number of fused-ring (bicyclic) bond motifs is 1. The molecule has 2 amide bonds. The molecule has 0 radical (unpaired) electrons. The van der Waals surface area contributed by atoms with Crippen molar-refractivity contribution in [2.45, 2.75) is 58.9 Å². The molecule has 1 aliphatic rings. The number of methoxy groups -OCH3 is 3. The number of ether oxygens (including phenoxy) is 3. The lowest BCUT2D eigenvalue weighted by Gasteiger charge is -2.51. The quantitative estimate of drug-likeness (QED) is 0.398. The third-order valence-electron chi connectivity index (χ3n) is 7.60. The van der Waals surface area contributed by atoms with E-state index in [1.807, 2.05) is 62.4 Å². The molecule has 39 heavy (non-hydrogen) atoms. The Morgan fingerprint density at radius 3 is 2.00 bits per heavy atom. The minimum Gasteiger partial charge on any atom is -0.497 e. The lowest BCUT2D eigenvalue weighted by molar-refractivity contribution is -0.117. The molecule has 4 rings (SSSR count). The van der Waals surface area contributed by atoms with Crippen LogP contribution >= 0.6 is 0 Å². The maximum absolute atomic E-state index is 13.5. The second-order valence-electron chi connectivity index (χ2n) is 11.1. The highest BCUT2D eigenvalue weighted by molar-refractivity contribution is 6.07. The van der Waals surface area contributed by atoms with E-state index in [1.165, 1.54) is 0 Å². The summed E-state index contributed by atoms with van der Waals surface area (Å²) in [5, 5.41) is 3.06. The van der Waals surface area contributed by atoms with E-state index >= 15 is 0 Å². The van der Waals surface area contributed by atoms with Crippen molar-refractivity contribution in [1.29, 1.82) is 0 Å². The molecule has 1 atom stereocenters. The average molecular weight is 531 g/mol. The third-order valence-corrected chi connectivity index (χ3v) is 7.60. The van der Waals surface area contributed by atoms with E-state index in [1.54, 1.807) is 33.2 Å².